The van der Waals surface area contributed by atoms with Gasteiger partial charge < -0.3 is 15.4 Å². The lowest BCUT2D eigenvalue weighted by Gasteiger charge is -2.13. The monoisotopic (exact) mass is 499 g/mol. The summed E-state index contributed by atoms with van der Waals surface area (Å²) in [6.45, 7) is 0.671. The predicted molar refractivity (Wildman–Crippen MR) is 102 cm³/mol. The summed E-state index contributed by atoms with van der Waals surface area (Å²) in [6, 6.07) is 4.94. The first-order chi connectivity index (χ1) is 10.8. The van der Waals surface area contributed by atoms with Crippen LogP contribution in [-0.4, -0.2) is 38.9 Å². The van der Waals surface area contributed by atoms with Gasteiger partial charge in [-0.25, -0.2) is 0 Å². The molecule has 24 heavy (non-hydrogen) atoms. The summed E-state index contributed by atoms with van der Waals surface area (Å²) >= 11 is 11.7. The number of benzene rings is 1. The minimum atomic E-state index is -4.18. The topological polar surface area (TPSA) is 45.7 Å². The Labute approximate surface area is 166 Å². The van der Waals surface area contributed by atoms with Crippen LogP contribution < -0.4 is 15.4 Å². The van der Waals surface area contributed by atoms with E-state index in [1.807, 2.05) is 0 Å². The second-order valence-electron chi connectivity index (χ2n) is 4.57. The lowest BCUT2D eigenvalue weighted by Crippen LogP contribution is -2.39. The molecule has 0 saturated carbocycles. The molecule has 1 rings (SSSR count). The standard InChI is InChI=1S/C14H18Cl2F3N3O.HI/c1-20-13(22-7-5-14(17,18)19)21-6-2-8-23-12-4-3-10(15)9-11(12)16;/h3-4,9H,2,5-8H2,1H3,(H2,20,21,22);1H. The van der Waals surface area contributed by atoms with E-state index in [2.05, 4.69) is 15.6 Å². The van der Waals surface area contributed by atoms with Gasteiger partial charge >= 0.3 is 6.18 Å². The lowest BCUT2D eigenvalue weighted by atomic mass is 10.3. The number of aliphatic imine (C=N–C) groups is 1. The van der Waals surface area contributed by atoms with E-state index >= 15 is 0 Å². The van der Waals surface area contributed by atoms with Crippen LogP contribution in [0.3, 0.4) is 0 Å². The Kier molecular flexibility index (Phi) is 11.6. The first-order valence-electron chi connectivity index (χ1n) is 6.91. The van der Waals surface area contributed by atoms with Crippen molar-refractivity contribution in [1.29, 1.82) is 0 Å². The van der Waals surface area contributed by atoms with Crippen molar-refractivity contribution in [3.05, 3.63) is 28.2 Å². The molecular formula is C14H19Cl2F3IN3O. The van der Waals surface area contributed by atoms with Crippen LogP contribution in [0.5, 0.6) is 5.75 Å². The van der Waals surface area contributed by atoms with Gasteiger partial charge in [0.15, 0.2) is 5.96 Å². The van der Waals surface area contributed by atoms with Gasteiger partial charge in [-0.15, -0.1) is 24.0 Å². The molecule has 0 radical (unpaired) electrons. The van der Waals surface area contributed by atoms with Crippen LogP contribution >= 0.6 is 47.2 Å². The van der Waals surface area contributed by atoms with Gasteiger partial charge in [-0.3, -0.25) is 4.99 Å². The molecule has 0 aliphatic heterocycles. The average Bonchev–Trinajstić information content (AvgIpc) is 2.45. The number of hydrogen-bond acceptors (Lipinski definition) is 2. The second-order valence-corrected chi connectivity index (χ2v) is 5.41. The zero-order valence-electron chi connectivity index (χ0n) is 12.9. The highest BCUT2D eigenvalue weighted by molar-refractivity contribution is 14.0. The van der Waals surface area contributed by atoms with Crippen LogP contribution in [0.2, 0.25) is 10.0 Å². The minimum absolute atomic E-state index is 0. The van der Waals surface area contributed by atoms with Crippen LogP contribution in [0, 0.1) is 0 Å². The molecule has 0 aliphatic carbocycles. The molecule has 2 N–H and O–H groups in total. The Morgan fingerprint density at radius 1 is 1.21 bits per heavy atom. The molecule has 0 aliphatic rings. The summed E-state index contributed by atoms with van der Waals surface area (Å²) < 4.78 is 41.6. The van der Waals surface area contributed by atoms with Crippen LogP contribution in [0.15, 0.2) is 23.2 Å². The maximum Gasteiger partial charge on any atom is 0.390 e. The maximum absolute atomic E-state index is 12.0. The lowest BCUT2D eigenvalue weighted by molar-refractivity contribution is -0.132. The molecule has 0 spiro atoms. The van der Waals surface area contributed by atoms with Crippen molar-refractivity contribution in [3.63, 3.8) is 0 Å². The normalized spacial score (nSPS) is 11.7. The molecule has 1 aromatic rings. The third kappa shape index (κ3) is 10.3. The first-order valence-corrected chi connectivity index (χ1v) is 7.66. The Bertz CT molecular complexity index is 530. The molecule has 10 heteroatoms. The van der Waals surface area contributed by atoms with Gasteiger partial charge in [0, 0.05) is 25.2 Å². The van der Waals surface area contributed by atoms with E-state index in [0.717, 1.165) is 0 Å². The fourth-order valence-electron chi connectivity index (χ4n) is 1.60. The summed E-state index contributed by atoms with van der Waals surface area (Å²) in [5.41, 5.74) is 0. The number of hydrogen-bond donors (Lipinski definition) is 2. The van der Waals surface area contributed by atoms with Gasteiger partial charge in [0.1, 0.15) is 5.75 Å². The van der Waals surface area contributed by atoms with Crippen LogP contribution in [0.4, 0.5) is 13.2 Å². The van der Waals surface area contributed by atoms with Crippen molar-refractivity contribution in [2.24, 2.45) is 4.99 Å². The quantitative estimate of drug-likeness (QED) is 0.251. The van der Waals surface area contributed by atoms with Crippen LogP contribution in [0.25, 0.3) is 0 Å². The molecule has 0 heterocycles. The van der Waals surface area contributed by atoms with Crippen molar-refractivity contribution in [1.82, 2.24) is 10.6 Å². The van der Waals surface area contributed by atoms with E-state index < -0.39 is 12.6 Å². The van der Waals surface area contributed by atoms with E-state index in [1.54, 1.807) is 18.2 Å². The number of alkyl halides is 3. The fraction of sp³-hybridized carbons (Fsp3) is 0.500. The highest BCUT2D eigenvalue weighted by Gasteiger charge is 2.26. The molecule has 138 valence electrons. The number of halogens is 6. The van der Waals surface area contributed by atoms with Crippen molar-refractivity contribution in [2.75, 3.05) is 26.7 Å². The summed E-state index contributed by atoms with van der Waals surface area (Å²) in [5, 5.41) is 6.45. The largest absolute Gasteiger partial charge is 0.492 e. The maximum atomic E-state index is 12.0. The van der Waals surface area contributed by atoms with Gasteiger partial charge in [-0.05, 0) is 24.6 Å². The molecule has 0 aromatic heterocycles. The van der Waals surface area contributed by atoms with Gasteiger partial charge in [-0.2, -0.15) is 13.2 Å². The highest BCUT2D eigenvalue weighted by Crippen LogP contribution is 2.27. The fourth-order valence-corrected chi connectivity index (χ4v) is 2.06. The van der Waals surface area contributed by atoms with E-state index in [9.17, 15) is 13.2 Å². The summed E-state index contributed by atoms with van der Waals surface area (Å²) in [5.74, 6) is 0.850. The van der Waals surface area contributed by atoms with Gasteiger partial charge in [-0.1, -0.05) is 23.2 Å². The van der Waals surface area contributed by atoms with Gasteiger partial charge in [0.2, 0.25) is 0 Å². The number of nitrogens with one attached hydrogen (secondary N) is 2. The molecule has 4 nitrogen and oxygen atoms in total. The predicted octanol–water partition coefficient (Wildman–Crippen LogP) is 4.50. The van der Waals surface area contributed by atoms with E-state index in [1.165, 1.54) is 7.05 Å². The molecule has 0 atom stereocenters. The SMILES string of the molecule is CN=C(NCCCOc1ccc(Cl)cc1Cl)NCCC(F)(F)F.I. The highest BCUT2D eigenvalue weighted by atomic mass is 127. The summed E-state index contributed by atoms with van der Waals surface area (Å²) in [6.07, 6.45) is -4.47. The van der Waals surface area contributed by atoms with Crippen molar-refractivity contribution in [3.8, 4) is 5.75 Å². The van der Waals surface area contributed by atoms with Crippen molar-refractivity contribution in [2.45, 2.75) is 19.0 Å². The third-order valence-corrected chi connectivity index (χ3v) is 3.22. The van der Waals surface area contributed by atoms with Crippen LogP contribution in [0.1, 0.15) is 12.8 Å². The van der Waals surface area contributed by atoms with Gasteiger partial charge in [0.05, 0.1) is 18.1 Å². The van der Waals surface area contributed by atoms with Gasteiger partial charge in [0.25, 0.3) is 0 Å². The Morgan fingerprint density at radius 3 is 2.46 bits per heavy atom. The molecule has 0 amide bonds. The van der Waals surface area contributed by atoms with E-state index in [-0.39, 0.29) is 30.5 Å². The summed E-state index contributed by atoms with van der Waals surface area (Å²) in [4.78, 5) is 3.84. The number of guanidine groups is 1. The number of rotatable bonds is 7. The minimum Gasteiger partial charge on any atom is -0.492 e. The Balaban J connectivity index is 0.00000529. The molecule has 0 saturated heterocycles. The molecule has 0 bridgehead atoms. The van der Waals surface area contributed by atoms with Crippen molar-refractivity contribution < 1.29 is 17.9 Å². The zero-order valence-corrected chi connectivity index (χ0v) is 16.8. The molecule has 0 unspecified atom stereocenters. The van der Waals surface area contributed by atoms with Crippen molar-refractivity contribution >= 4 is 53.1 Å². The third-order valence-electron chi connectivity index (χ3n) is 2.69. The number of ether oxygens (including phenoxy) is 1. The molecule has 0 fully saturated rings. The van der Waals surface area contributed by atoms with E-state index in [0.29, 0.717) is 41.3 Å². The first kappa shape index (κ1) is 23.4. The Hall–Kier alpha value is -0.610. The summed E-state index contributed by atoms with van der Waals surface area (Å²) in [7, 11) is 1.49. The zero-order chi connectivity index (χ0) is 17.3. The second kappa shape index (κ2) is 11.9. The molecular weight excluding hydrogens is 481 g/mol. The average molecular weight is 500 g/mol. The Morgan fingerprint density at radius 2 is 1.88 bits per heavy atom. The number of nitrogens with zero attached hydrogens (tertiary/aromatic N) is 1. The van der Waals surface area contributed by atoms with E-state index in [4.69, 9.17) is 27.9 Å². The molecule has 1 aromatic carbocycles. The van der Waals surface area contributed by atoms with Crippen LogP contribution in [-0.2, 0) is 0 Å². The smallest absolute Gasteiger partial charge is 0.390 e.